The molecule has 3 N–H and O–H groups in total. The van der Waals surface area contributed by atoms with Gasteiger partial charge in [-0.2, -0.15) is 0 Å². The molecular weight excluding hydrogens is 713 g/mol. The van der Waals surface area contributed by atoms with Gasteiger partial charge in [-0.25, -0.2) is 0 Å². The Labute approximate surface area is 348 Å². The highest BCUT2D eigenvalue weighted by Gasteiger charge is 2.37. The topological polar surface area (TPSA) is 38.0 Å². The van der Waals surface area contributed by atoms with E-state index in [4.69, 9.17) is 5.73 Å². The summed E-state index contributed by atoms with van der Waals surface area (Å²) in [4.78, 5) is 0. The number of nitrogens with two attached hydrogens (primary N) is 1. The first kappa shape index (κ1) is 36.4. The molecule has 11 rings (SSSR count). The molecule has 2 nitrogen and oxygen atoms in total. The van der Waals surface area contributed by atoms with Crippen molar-refractivity contribution in [3.63, 3.8) is 0 Å². The first-order valence-corrected chi connectivity index (χ1v) is 20.7. The number of hydrogen-bond donors (Lipinski definition) is 2. The number of nitrogen functional groups attached to an aromatic ring is 1. The third kappa shape index (κ3) is 5.93. The van der Waals surface area contributed by atoms with E-state index in [1.165, 1.54) is 93.9 Å². The van der Waals surface area contributed by atoms with Crippen LogP contribution in [-0.2, 0) is 10.8 Å². The van der Waals surface area contributed by atoms with Gasteiger partial charge < -0.3 is 11.1 Å². The van der Waals surface area contributed by atoms with E-state index >= 15 is 0 Å². The monoisotopic (exact) mass is 760 g/mol. The van der Waals surface area contributed by atoms with Crippen LogP contribution in [0.5, 0.6) is 0 Å². The lowest BCUT2D eigenvalue weighted by Gasteiger charge is -2.25. The van der Waals surface area contributed by atoms with Gasteiger partial charge in [0.15, 0.2) is 0 Å². The smallest absolute Gasteiger partial charge is 0.0617 e. The van der Waals surface area contributed by atoms with Crippen LogP contribution in [0.25, 0.3) is 66.1 Å². The van der Waals surface area contributed by atoms with Crippen molar-refractivity contribution >= 4 is 38.6 Å². The number of fused-ring (bicyclic) bond motifs is 8. The second-order valence-corrected chi connectivity index (χ2v) is 17.3. The van der Waals surface area contributed by atoms with Crippen molar-refractivity contribution in [1.29, 1.82) is 0 Å². The second kappa shape index (κ2) is 13.9. The molecular formula is C57H48N2. The van der Waals surface area contributed by atoms with Crippen LogP contribution >= 0.6 is 0 Å². The predicted octanol–water partition coefficient (Wildman–Crippen LogP) is 15.3. The summed E-state index contributed by atoms with van der Waals surface area (Å²) in [6.45, 7) is 11.7. The normalized spacial score (nSPS) is 13.8. The fourth-order valence-corrected chi connectivity index (χ4v) is 9.86. The van der Waals surface area contributed by atoms with E-state index in [2.05, 4.69) is 167 Å². The van der Waals surface area contributed by atoms with Crippen molar-refractivity contribution in [2.75, 3.05) is 11.1 Å². The molecule has 0 heterocycles. The molecule has 0 spiro atoms. The van der Waals surface area contributed by atoms with E-state index < -0.39 is 0 Å². The fourth-order valence-electron chi connectivity index (χ4n) is 9.86. The summed E-state index contributed by atoms with van der Waals surface area (Å²) in [5.41, 5.74) is 26.0. The molecule has 0 bridgehead atoms. The highest BCUT2D eigenvalue weighted by molar-refractivity contribution is 6.22. The summed E-state index contributed by atoms with van der Waals surface area (Å²) >= 11 is 0. The number of rotatable bonds is 4. The minimum atomic E-state index is -0.0748. The molecule has 0 saturated carbocycles. The predicted molar refractivity (Wildman–Crippen MR) is 253 cm³/mol. The maximum Gasteiger partial charge on any atom is 0.0617 e. The van der Waals surface area contributed by atoms with E-state index in [1.807, 2.05) is 54.6 Å². The average molecular weight is 761 g/mol. The van der Waals surface area contributed by atoms with E-state index in [1.54, 1.807) is 0 Å². The SMILES string of the molecule is Cc1ccc(-c2c3ccccc3c(-c3ccc4c(c3)C(C)(C)c3ccccc3-4)c3cc4c(cc23)-c2ccccc2C4(C)C)cc1.Nc1ccccc1Nc1ccccc1. The number of aryl methyl sites for hydroxylation is 1. The van der Waals surface area contributed by atoms with Crippen LogP contribution in [0.1, 0.15) is 55.5 Å². The maximum absolute atomic E-state index is 5.81. The third-order valence-corrected chi connectivity index (χ3v) is 13.0. The Hall–Kier alpha value is -6.90. The summed E-state index contributed by atoms with van der Waals surface area (Å²) in [5.74, 6) is 0. The number of benzene rings is 9. The molecule has 0 saturated heterocycles. The van der Waals surface area contributed by atoms with Crippen molar-refractivity contribution in [2.24, 2.45) is 0 Å². The third-order valence-electron chi connectivity index (χ3n) is 13.0. The molecule has 2 heteroatoms. The first-order valence-electron chi connectivity index (χ1n) is 20.7. The zero-order valence-electron chi connectivity index (χ0n) is 34.4. The summed E-state index contributed by atoms with van der Waals surface area (Å²) in [6.07, 6.45) is 0. The van der Waals surface area contributed by atoms with Crippen molar-refractivity contribution in [1.82, 2.24) is 0 Å². The van der Waals surface area contributed by atoms with Crippen molar-refractivity contribution < 1.29 is 0 Å². The molecule has 286 valence electrons. The fraction of sp³-hybridized carbons (Fsp3) is 0.123. The maximum atomic E-state index is 5.81. The van der Waals surface area contributed by atoms with Gasteiger partial charge in [-0.05, 0) is 138 Å². The Kier molecular flexibility index (Phi) is 8.58. The van der Waals surface area contributed by atoms with Crippen molar-refractivity contribution in [2.45, 2.75) is 45.4 Å². The van der Waals surface area contributed by atoms with Gasteiger partial charge in [0.1, 0.15) is 0 Å². The van der Waals surface area contributed by atoms with E-state index in [9.17, 15) is 0 Å². The van der Waals surface area contributed by atoms with Gasteiger partial charge in [0, 0.05) is 16.5 Å². The van der Waals surface area contributed by atoms with Crippen molar-refractivity contribution in [3.05, 3.63) is 210 Å². The Morgan fingerprint density at radius 2 is 0.881 bits per heavy atom. The average Bonchev–Trinajstić information content (AvgIpc) is 3.62. The minimum absolute atomic E-state index is 0.0553. The molecule has 0 aromatic heterocycles. The highest BCUT2D eigenvalue weighted by Crippen LogP contribution is 2.55. The number of nitrogens with one attached hydrogen (secondary N) is 1. The van der Waals surface area contributed by atoms with Crippen LogP contribution in [-0.4, -0.2) is 0 Å². The van der Waals surface area contributed by atoms with Gasteiger partial charge in [-0.1, -0.05) is 173 Å². The second-order valence-electron chi connectivity index (χ2n) is 17.3. The van der Waals surface area contributed by atoms with Gasteiger partial charge in [0.25, 0.3) is 0 Å². The van der Waals surface area contributed by atoms with Gasteiger partial charge in [0.2, 0.25) is 0 Å². The molecule has 2 aliphatic rings. The van der Waals surface area contributed by atoms with Gasteiger partial charge in [-0.3, -0.25) is 0 Å². The van der Waals surface area contributed by atoms with E-state index in [0.29, 0.717) is 0 Å². The summed E-state index contributed by atoms with van der Waals surface area (Å²) in [7, 11) is 0. The Balaban J connectivity index is 0.000000255. The molecule has 0 unspecified atom stereocenters. The molecule has 9 aromatic carbocycles. The van der Waals surface area contributed by atoms with Crippen LogP contribution < -0.4 is 11.1 Å². The van der Waals surface area contributed by atoms with E-state index in [-0.39, 0.29) is 10.8 Å². The molecule has 0 aliphatic heterocycles. The molecule has 59 heavy (non-hydrogen) atoms. The van der Waals surface area contributed by atoms with Crippen LogP contribution in [0.3, 0.4) is 0 Å². The Morgan fingerprint density at radius 1 is 0.390 bits per heavy atom. The zero-order valence-corrected chi connectivity index (χ0v) is 34.4. The molecule has 0 atom stereocenters. The minimum Gasteiger partial charge on any atom is -0.397 e. The largest absolute Gasteiger partial charge is 0.397 e. The summed E-state index contributed by atoms with van der Waals surface area (Å²) in [5, 5.41) is 8.51. The lowest BCUT2D eigenvalue weighted by Crippen LogP contribution is -2.15. The standard InChI is InChI=1S/C45H36.C12H12N2/c1-27-18-20-28(21-19-27)42-33-14-6-7-15-34(33)43(29-22-23-32-30-12-8-10-16-38(30)44(2,3)40(32)24-29)37-26-41-35(25-36(37)42)31-13-9-11-17-39(31)45(41,4)5;13-11-8-4-5-9-12(11)14-10-6-2-1-3-7-10/h6-26H,1-5H3;1-9,14H,13H2. The number of hydrogen-bond acceptors (Lipinski definition) is 2. The Morgan fingerprint density at radius 3 is 1.54 bits per heavy atom. The van der Waals surface area contributed by atoms with Crippen LogP contribution in [0.2, 0.25) is 0 Å². The van der Waals surface area contributed by atoms with Crippen molar-refractivity contribution in [3.8, 4) is 44.5 Å². The summed E-state index contributed by atoms with van der Waals surface area (Å²) in [6, 6.07) is 66.1. The van der Waals surface area contributed by atoms with Gasteiger partial charge in [-0.15, -0.1) is 0 Å². The van der Waals surface area contributed by atoms with Crippen LogP contribution in [0.4, 0.5) is 17.1 Å². The zero-order chi connectivity index (χ0) is 40.5. The van der Waals surface area contributed by atoms with Gasteiger partial charge >= 0.3 is 0 Å². The van der Waals surface area contributed by atoms with E-state index in [0.717, 1.165) is 17.1 Å². The quantitative estimate of drug-likeness (QED) is 0.138. The molecule has 0 fully saturated rings. The highest BCUT2D eigenvalue weighted by atomic mass is 14.9. The lowest BCUT2D eigenvalue weighted by molar-refractivity contribution is 0.660. The molecule has 0 amide bonds. The molecule has 2 aliphatic carbocycles. The molecule has 0 radical (unpaired) electrons. The summed E-state index contributed by atoms with van der Waals surface area (Å²) < 4.78 is 0. The van der Waals surface area contributed by atoms with Gasteiger partial charge in [0.05, 0.1) is 11.4 Å². The number of para-hydroxylation sites is 3. The van der Waals surface area contributed by atoms with Crippen LogP contribution in [0.15, 0.2) is 182 Å². The first-order chi connectivity index (χ1) is 28.6. The van der Waals surface area contributed by atoms with Crippen LogP contribution in [0, 0.1) is 6.92 Å². The Bertz CT molecular complexity index is 3080. The number of anilines is 3. The lowest BCUT2D eigenvalue weighted by atomic mass is 9.78. The molecule has 9 aromatic rings.